The summed E-state index contributed by atoms with van der Waals surface area (Å²) in [5.74, 6) is -78.9. The van der Waals surface area contributed by atoms with Crippen LogP contribution in [0.15, 0.2) is 0 Å². The van der Waals surface area contributed by atoms with Gasteiger partial charge >= 0.3 is 84.4 Å². The van der Waals surface area contributed by atoms with Gasteiger partial charge in [-0.3, -0.25) is 0 Å². The Morgan fingerprint density at radius 1 is 0.222 bits per heavy atom. The second kappa shape index (κ2) is 12.1. The molecule has 0 radical (unpaired) electrons. The molecule has 0 atom stereocenters. The van der Waals surface area contributed by atoms with Crippen molar-refractivity contribution >= 4 is 0 Å². The Hall–Kier alpha value is -2.14. The molecule has 0 saturated heterocycles. The zero-order valence-electron chi connectivity index (χ0n) is 19.0. The van der Waals surface area contributed by atoms with Gasteiger partial charge in [-0.05, 0) is 0 Å². The molecule has 0 saturated carbocycles. The maximum Gasteiger partial charge on any atom is 0.460 e. The second-order valence-corrected chi connectivity index (χ2v) is 7.44. The van der Waals surface area contributed by atoms with E-state index in [9.17, 15) is 132 Å². The summed E-state index contributed by atoms with van der Waals surface area (Å²) in [5, 5.41) is 0. The topological polar surface area (TPSA) is 31.5 Å². The van der Waals surface area contributed by atoms with Crippen molar-refractivity contribution in [3.05, 3.63) is 0 Å². The molecular formula is C14H4F30O. The maximum absolute atomic E-state index is 12.6. The van der Waals surface area contributed by atoms with Crippen LogP contribution in [0.5, 0.6) is 0 Å². The van der Waals surface area contributed by atoms with Gasteiger partial charge in [0.05, 0.1) is 0 Å². The quantitative estimate of drug-likeness (QED) is 0.199. The van der Waals surface area contributed by atoms with E-state index < -0.39 is 84.4 Å². The SMILES string of the molecule is FC(F)C(F)(F)C(F)(F)C(F)(F)C(F)(F)C(F)(F)C(F)(F)F.FC(F)C(F)(F)C(F)(F)C(F)(F)C(F)(F)C(F)(F)C(F)(F)F.O. The molecule has 31 heteroatoms. The molecule has 0 fully saturated rings. The fourth-order valence-electron chi connectivity index (χ4n) is 1.84. The van der Waals surface area contributed by atoms with Crippen LogP contribution < -0.4 is 0 Å². The van der Waals surface area contributed by atoms with E-state index in [0.29, 0.717) is 0 Å². The minimum absolute atomic E-state index is 0. The lowest BCUT2D eigenvalue weighted by Gasteiger charge is -2.39. The summed E-state index contributed by atoms with van der Waals surface area (Å²) in [6.07, 6.45) is -26.6. The van der Waals surface area contributed by atoms with Gasteiger partial charge in [0.25, 0.3) is 0 Å². The summed E-state index contributed by atoms with van der Waals surface area (Å²) >= 11 is 0. The number of hydrogen-bond acceptors (Lipinski definition) is 0. The summed E-state index contributed by atoms with van der Waals surface area (Å²) in [4.78, 5) is 0. The lowest BCUT2D eigenvalue weighted by Crippen LogP contribution is -2.71. The Labute approximate surface area is 223 Å². The fourth-order valence-corrected chi connectivity index (χ4v) is 1.84. The van der Waals surface area contributed by atoms with E-state index in [0.717, 1.165) is 0 Å². The summed E-state index contributed by atoms with van der Waals surface area (Å²) < 4.78 is 363. The standard InChI is InChI=1S/2C7HF15.H2O/c2*8-1(9)2(10,11)3(12,13)4(14,15)5(16,17)6(18,19)7(20,21)22;/h2*1H;1H2. The van der Waals surface area contributed by atoms with Crippen LogP contribution in [0.3, 0.4) is 0 Å². The van der Waals surface area contributed by atoms with Gasteiger partial charge in [-0.2, -0.15) is 114 Å². The Morgan fingerprint density at radius 2 is 0.356 bits per heavy atom. The summed E-state index contributed by atoms with van der Waals surface area (Å²) in [6, 6.07) is 0. The van der Waals surface area contributed by atoms with E-state index in [4.69, 9.17) is 0 Å². The molecule has 0 aromatic rings. The Bertz CT molecular complexity index is 886. The highest BCUT2D eigenvalue weighted by Crippen LogP contribution is 2.62. The monoisotopic (exact) mass is 758 g/mol. The van der Waals surface area contributed by atoms with Gasteiger partial charge < -0.3 is 5.48 Å². The number of alkyl halides is 30. The maximum atomic E-state index is 12.6. The molecule has 0 heterocycles. The third-order valence-corrected chi connectivity index (χ3v) is 4.46. The average Bonchev–Trinajstić information content (AvgIpc) is 2.76. The molecule has 0 aromatic heterocycles. The molecule has 0 aliphatic rings. The summed E-state index contributed by atoms with van der Waals surface area (Å²) in [5.41, 5.74) is 0. The smallest absolute Gasteiger partial charge is 0.412 e. The predicted octanol–water partition coefficient (Wildman–Crippen LogP) is 9.16. The van der Waals surface area contributed by atoms with Gasteiger partial charge in [0.1, 0.15) is 0 Å². The molecule has 0 amide bonds. The van der Waals surface area contributed by atoms with Crippen molar-refractivity contribution in [3.8, 4) is 0 Å². The van der Waals surface area contributed by atoms with Crippen molar-refractivity contribution in [3.63, 3.8) is 0 Å². The molecule has 0 aliphatic carbocycles. The van der Waals surface area contributed by atoms with Crippen molar-refractivity contribution in [1.82, 2.24) is 0 Å². The van der Waals surface area contributed by atoms with Crippen LogP contribution in [0.4, 0.5) is 132 Å². The lowest BCUT2D eigenvalue weighted by atomic mass is 9.94. The predicted molar refractivity (Wildman–Crippen MR) is 77.2 cm³/mol. The van der Waals surface area contributed by atoms with Crippen LogP contribution >= 0.6 is 0 Å². The first-order valence-corrected chi connectivity index (χ1v) is 8.86. The van der Waals surface area contributed by atoms with Gasteiger partial charge in [-0.15, -0.1) is 0 Å². The third-order valence-electron chi connectivity index (χ3n) is 4.46. The molecule has 0 bridgehead atoms. The molecule has 0 spiro atoms. The van der Waals surface area contributed by atoms with Crippen LogP contribution in [0.25, 0.3) is 0 Å². The van der Waals surface area contributed by atoms with Gasteiger partial charge in [0.2, 0.25) is 0 Å². The third kappa shape index (κ3) is 6.67. The number of rotatable bonds is 10. The Balaban J connectivity index is -0.000000767. The molecular weight excluding hydrogens is 754 g/mol. The van der Waals surface area contributed by atoms with E-state index in [2.05, 4.69) is 0 Å². The van der Waals surface area contributed by atoms with Crippen LogP contribution in [0, 0.1) is 0 Å². The molecule has 2 N–H and O–H groups in total. The van der Waals surface area contributed by atoms with Crippen LogP contribution in [-0.4, -0.2) is 89.9 Å². The zero-order valence-corrected chi connectivity index (χ0v) is 19.0. The minimum Gasteiger partial charge on any atom is -0.412 e. The molecule has 0 aliphatic heterocycles. The minimum atomic E-state index is -8.17. The zero-order chi connectivity index (χ0) is 37.2. The normalized spacial score (nSPS) is 16.0. The van der Waals surface area contributed by atoms with E-state index in [1.54, 1.807) is 0 Å². The molecule has 0 unspecified atom stereocenters. The van der Waals surface area contributed by atoms with Crippen molar-refractivity contribution < 1.29 is 137 Å². The van der Waals surface area contributed by atoms with Gasteiger partial charge in [-0.1, -0.05) is 0 Å². The molecule has 45 heavy (non-hydrogen) atoms. The summed E-state index contributed by atoms with van der Waals surface area (Å²) in [7, 11) is 0. The average molecular weight is 758 g/mol. The second-order valence-electron chi connectivity index (χ2n) is 7.44. The first-order valence-electron chi connectivity index (χ1n) is 8.86. The molecule has 1 nitrogen and oxygen atoms in total. The first kappa shape index (κ1) is 47.3. The molecule has 276 valence electrons. The first-order chi connectivity index (χ1) is 18.4. The number of hydrogen-bond donors (Lipinski definition) is 0. The van der Waals surface area contributed by atoms with Gasteiger partial charge in [0, 0.05) is 0 Å². The van der Waals surface area contributed by atoms with Crippen molar-refractivity contribution in [2.45, 2.75) is 84.4 Å². The fraction of sp³-hybridized carbons (Fsp3) is 1.00. The largest absolute Gasteiger partial charge is 0.460 e. The highest BCUT2D eigenvalue weighted by atomic mass is 19.4. The van der Waals surface area contributed by atoms with E-state index in [1.807, 2.05) is 0 Å². The van der Waals surface area contributed by atoms with Gasteiger partial charge in [0.15, 0.2) is 0 Å². The van der Waals surface area contributed by atoms with Crippen molar-refractivity contribution in [1.29, 1.82) is 0 Å². The van der Waals surface area contributed by atoms with E-state index in [1.165, 1.54) is 0 Å². The number of halogens is 30. The van der Waals surface area contributed by atoms with Crippen LogP contribution in [-0.2, 0) is 0 Å². The lowest BCUT2D eigenvalue weighted by molar-refractivity contribution is -0.445. The van der Waals surface area contributed by atoms with E-state index in [-0.39, 0.29) is 5.48 Å². The highest BCUT2D eigenvalue weighted by Gasteiger charge is 2.93. The summed E-state index contributed by atoms with van der Waals surface area (Å²) in [6.45, 7) is 0. The Morgan fingerprint density at radius 3 is 0.467 bits per heavy atom. The van der Waals surface area contributed by atoms with E-state index >= 15 is 0 Å². The molecule has 0 aromatic carbocycles. The van der Waals surface area contributed by atoms with Crippen LogP contribution in [0.2, 0.25) is 0 Å². The molecule has 0 rings (SSSR count). The van der Waals surface area contributed by atoms with Gasteiger partial charge in [-0.25, -0.2) is 17.6 Å². The highest BCUT2D eigenvalue weighted by molar-refractivity contribution is 5.12. The Kier molecular flexibility index (Phi) is 12.8. The van der Waals surface area contributed by atoms with Crippen molar-refractivity contribution in [2.75, 3.05) is 0 Å². The van der Waals surface area contributed by atoms with Crippen molar-refractivity contribution in [2.24, 2.45) is 0 Å². The van der Waals surface area contributed by atoms with Crippen LogP contribution in [0.1, 0.15) is 0 Å².